The van der Waals surface area contributed by atoms with Gasteiger partial charge in [0.25, 0.3) is 0 Å². The molecule has 2 atom stereocenters. The fourth-order valence-corrected chi connectivity index (χ4v) is 3.24. The van der Waals surface area contributed by atoms with E-state index >= 15 is 0 Å². The summed E-state index contributed by atoms with van der Waals surface area (Å²) in [7, 11) is 0. The molecule has 2 unspecified atom stereocenters. The molecule has 0 amide bonds. The van der Waals surface area contributed by atoms with Crippen LogP contribution in [0.1, 0.15) is 25.5 Å². The van der Waals surface area contributed by atoms with E-state index < -0.39 is 0 Å². The highest BCUT2D eigenvalue weighted by Gasteiger charge is 2.32. The molecule has 2 aliphatic heterocycles. The van der Waals surface area contributed by atoms with Crippen LogP contribution in [0.5, 0.6) is 0 Å². The average molecular weight is 460 g/mol. The number of aromatic nitrogens is 1. The van der Waals surface area contributed by atoms with Crippen molar-refractivity contribution in [3.8, 4) is 0 Å². The summed E-state index contributed by atoms with van der Waals surface area (Å²) in [6, 6.07) is 6.01. The third-order valence-electron chi connectivity index (χ3n) is 4.46. The van der Waals surface area contributed by atoms with E-state index in [1.54, 1.807) is 0 Å². The Hall–Kier alpha value is -0.930. The summed E-state index contributed by atoms with van der Waals surface area (Å²) in [5, 5.41) is 3.41. The maximum atomic E-state index is 5.93. The number of pyridine rings is 1. The van der Waals surface area contributed by atoms with Crippen LogP contribution >= 0.6 is 24.0 Å². The summed E-state index contributed by atoms with van der Waals surface area (Å²) in [6.07, 6.45) is 5.33. The van der Waals surface area contributed by atoms with E-state index in [4.69, 9.17) is 14.5 Å². The number of aliphatic imine (C=N–C) groups is 1. The van der Waals surface area contributed by atoms with Crippen molar-refractivity contribution in [1.82, 2.24) is 15.2 Å². The fourth-order valence-electron chi connectivity index (χ4n) is 3.24. The number of morpholine rings is 1. The van der Waals surface area contributed by atoms with Gasteiger partial charge >= 0.3 is 0 Å². The third kappa shape index (κ3) is 6.07. The summed E-state index contributed by atoms with van der Waals surface area (Å²) >= 11 is 0. The molecule has 2 fully saturated rings. The van der Waals surface area contributed by atoms with Crippen molar-refractivity contribution in [3.05, 3.63) is 30.1 Å². The molecule has 2 aliphatic rings. The van der Waals surface area contributed by atoms with Crippen LogP contribution in [0.2, 0.25) is 0 Å². The first-order valence-electron chi connectivity index (χ1n) is 9.03. The molecule has 3 heterocycles. The van der Waals surface area contributed by atoms with E-state index in [-0.39, 0.29) is 36.2 Å². The smallest absolute Gasteiger partial charge is 0.194 e. The fraction of sp³-hybridized carbons (Fsp3) is 0.667. The molecule has 6 nitrogen and oxygen atoms in total. The molecule has 2 saturated heterocycles. The lowest BCUT2D eigenvalue weighted by Crippen LogP contribution is -2.53. The van der Waals surface area contributed by atoms with Crippen LogP contribution in [-0.4, -0.2) is 67.4 Å². The van der Waals surface area contributed by atoms with Gasteiger partial charge in [0, 0.05) is 51.1 Å². The molecule has 1 N–H and O–H groups in total. The van der Waals surface area contributed by atoms with Crippen molar-refractivity contribution in [3.63, 3.8) is 0 Å². The normalized spacial score (nSPS) is 24.0. The van der Waals surface area contributed by atoms with Crippen LogP contribution in [0.4, 0.5) is 0 Å². The summed E-state index contributed by atoms with van der Waals surface area (Å²) in [5.41, 5.74) is 1.08. The minimum Gasteiger partial charge on any atom is -0.375 e. The van der Waals surface area contributed by atoms with Crippen LogP contribution in [-0.2, 0) is 15.9 Å². The lowest BCUT2D eigenvalue weighted by Gasteiger charge is -2.37. The van der Waals surface area contributed by atoms with Crippen LogP contribution in [0, 0.1) is 0 Å². The molecule has 25 heavy (non-hydrogen) atoms. The number of halogens is 1. The van der Waals surface area contributed by atoms with Crippen molar-refractivity contribution in [1.29, 1.82) is 0 Å². The second kappa shape index (κ2) is 10.9. The molecule has 7 heteroatoms. The Labute approximate surface area is 167 Å². The first-order chi connectivity index (χ1) is 11.9. The van der Waals surface area contributed by atoms with E-state index in [0.717, 1.165) is 70.3 Å². The summed E-state index contributed by atoms with van der Waals surface area (Å²) < 4.78 is 11.7. The number of nitrogens with one attached hydrogen (secondary N) is 1. The second-order valence-electron chi connectivity index (χ2n) is 6.21. The summed E-state index contributed by atoms with van der Waals surface area (Å²) in [4.78, 5) is 11.5. The number of hydrogen-bond donors (Lipinski definition) is 1. The quantitative estimate of drug-likeness (QED) is 0.415. The van der Waals surface area contributed by atoms with E-state index in [9.17, 15) is 0 Å². The van der Waals surface area contributed by atoms with Gasteiger partial charge < -0.3 is 19.7 Å². The molecule has 1 aromatic heterocycles. The summed E-state index contributed by atoms with van der Waals surface area (Å²) in [6.45, 7) is 7.02. The van der Waals surface area contributed by atoms with Gasteiger partial charge in [-0.3, -0.25) is 9.98 Å². The Morgan fingerprint density at radius 2 is 2.20 bits per heavy atom. The third-order valence-corrected chi connectivity index (χ3v) is 4.46. The molecular formula is C18H29IN4O2. The number of guanidine groups is 1. The number of hydrogen-bond acceptors (Lipinski definition) is 4. The highest BCUT2D eigenvalue weighted by molar-refractivity contribution is 14.0. The molecule has 1 aromatic rings. The minimum atomic E-state index is 0. The number of ether oxygens (including phenoxy) is 2. The maximum Gasteiger partial charge on any atom is 0.194 e. The van der Waals surface area contributed by atoms with Gasteiger partial charge in [-0.15, -0.1) is 24.0 Å². The van der Waals surface area contributed by atoms with Crippen molar-refractivity contribution in [2.24, 2.45) is 4.99 Å². The minimum absolute atomic E-state index is 0. The predicted octanol–water partition coefficient (Wildman–Crippen LogP) is 2.09. The number of nitrogens with zero attached hydrogens (tertiary/aromatic N) is 3. The molecule has 0 saturated carbocycles. The van der Waals surface area contributed by atoms with Crippen molar-refractivity contribution >= 4 is 29.9 Å². The lowest BCUT2D eigenvalue weighted by molar-refractivity contribution is -0.0817. The first kappa shape index (κ1) is 20.4. The Bertz CT molecular complexity index is 523. The van der Waals surface area contributed by atoms with Gasteiger partial charge in [-0.25, -0.2) is 0 Å². The molecule has 0 aromatic carbocycles. The Morgan fingerprint density at radius 3 is 2.92 bits per heavy atom. The second-order valence-corrected chi connectivity index (χ2v) is 6.21. The average Bonchev–Trinajstić information content (AvgIpc) is 3.17. The Balaban J connectivity index is 0.00000225. The first-order valence-corrected chi connectivity index (χ1v) is 9.03. The zero-order valence-electron chi connectivity index (χ0n) is 14.9. The molecule has 140 valence electrons. The highest BCUT2D eigenvalue weighted by atomic mass is 127. The molecular weight excluding hydrogens is 431 g/mol. The van der Waals surface area contributed by atoms with Gasteiger partial charge in [-0.1, -0.05) is 6.07 Å². The Kier molecular flexibility index (Phi) is 8.91. The van der Waals surface area contributed by atoms with Gasteiger partial charge in [0.05, 0.1) is 12.7 Å². The standard InChI is InChI=1S/C18H28N4O2.HI/c1-2-19-18(21-10-8-15-6-3-4-9-20-15)22-11-13-24-17(14-22)16-7-5-12-23-16;/h3-4,6,9,16-17H,2,5,7-8,10-14H2,1H3,(H,19,21);1H. The largest absolute Gasteiger partial charge is 0.375 e. The maximum absolute atomic E-state index is 5.93. The molecule has 0 aliphatic carbocycles. The van der Waals surface area contributed by atoms with Crippen molar-refractivity contribution < 1.29 is 9.47 Å². The van der Waals surface area contributed by atoms with Crippen LogP contribution < -0.4 is 5.32 Å². The molecule has 0 radical (unpaired) electrons. The van der Waals surface area contributed by atoms with Gasteiger partial charge in [-0.05, 0) is 31.9 Å². The van der Waals surface area contributed by atoms with E-state index in [1.165, 1.54) is 0 Å². The van der Waals surface area contributed by atoms with Crippen LogP contribution in [0.3, 0.4) is 0 Å². The van der Waals surface area contributed by atoms with Crippen molar-refractivity contribution in [2.75, 3.05) is 39.4 Å². The van der Waals surface area contributed by atoms with Crippen LogP contribution in [0.25, 0.3) is 0 Å². The van der Waals surface area contributed by atoms with E-state index in [1.807, 2.05) is 24.4 Å². The van der Waals surface area contributed by atoms with E-state index in [0.29, 0.717) is 0 Å². The van der Waals surface area contributed by atoms with Gasteiger partial charge in [0.1, 0.15) is 6.10 Å². The SMILES string of the molecule is CCNC(=NCCc1ccccn1)N1CCOC(C2CCCO2)C1.I. The molecule has 0 spiro atoms. The summed E-state index contributed by atoms with van der Waals surface area (Å²) in [5.74, 6) is 0.972. The molecule has 0 bridgehead atoms. The van der Waals surface area contributed by atoms with Crippen molar-refractivity contribution in [2.45, 2.75) is 38.4 Å². The lowest BCUT2D eigenvalue weighted by atomic mass is 10.1. The van der Waals surface area contributed by atoms with E-state index in [2.05, 4.69) is 22.1 Å². The van der Waals surface area contributed by atoms with Crippen LogP contribution in [0.15, 0.2) is 29.4 Å². The Morgan fingerprint density at radius 1 is 1.32 bits per heavy atom. The topological polar surface area (TPSA) is 59.0 Å². The molecule has 3 rings (SSSR count). The highest BCUT2D eigenvalue weighted by Crippen LogP contribution is 2.21. The number of rotatable bonds is 5. The van der Waals surface area contributed by atoms with Gasteiger partial charge in [-0.2, -0.15) is 0 Å². The zero-order valence-corrected chi connectivity index (χ0v) is 17.2. The monoisotopic (exact) mass is 460 g/mol. The predicted molar refractivity (Wildman–Crippen MR) is 110 cm³/mol. The zero-order chi connectivity index (χ0) is 16.6. The van der Waals surface area contributed by atoms with Gasteiger partial charge in [0.15, 0.2) is 5.96 Å². The van der Waals surface area contributed by atoms with Gasteiger partial charge in [0.2, 0.25) is 0 Å².